The van der Waals surface area contributed by atoms with E-state index >= 15 is 0 Å². The predicted molar refractivity (Wildman–Crippen MR) is 164 cm³/mol. The molecule has 0 aliphatic heterocycles. The van der Waals surface area contributed by atoms with Crippen molar-refractivity contribution < 1.29 is 22.9 Å². The van der Waals surface area contributed by atoms with E-state index in [1.54, 1.807) is 6.92 Å². The van der Waals surface area contributed by atoms with E-state index in [2.05, 4.69) is 5.32 Å². The maximum Gasteiger partial charge on any atom is 0.271 e. The predicted octanol–water partition coefficient (Wildman–Crippen LogP) is 4.53. The number of sulfonamides is 1. The fraction of sp³-hybridized carbons (Fsp3) is 0.355. The van der Waals surface area contributed by atoms with Crippen molar-refractivity contribution in [3.8, 4) is 0 Å². The third-order valence-corrected chi connectivity index (χ3v) is 7.85. The van der Waals surface area contributed by atoms with Crippen LogP contribution in [0.4, 0.5) is 11.4 Å². The Kier molecular flexibility index (Phi) is 10.1. The van der Waals surface area contributed by atoms with Crippen molar-refractivity contribution >= 4 is 33.2 Å². The highest BCUT2D eigenvalue weighted by Crippen LogP contribution is 2.28. The Hall–Kier alpha value is -4.25. The van der Waals surface area contributed by atoms with Gasteiger partial charge in [-0.3, -0.25) is 24.0 Å². The van der Waals surface area contributed by atoms with Crippen molar-refractivity contribution in [2.24, 2.45) is 0 Å². The summed E-state index contributed by atoms with van der Waals surface area (Å²) in [6, 6.07) is 19.6. The first kappa shape index (κ1) is 32.3. The number of carbonyl (C=O) groups excluding carboxylic acids is 2. The lowest BCUT2D eigenvalue weighted by Gasteiger charge is -2.35. The van der Waals surface area contributed by atoms with E-state index in [1.165, 1.54) is 17.0 Å². The molecule has 224 valence electrons. The molecule has 1 unspecified atom stereocenters. The third kappa shape index (κ3) is 8.62. The number of nitrogens with one attached hydrogen (secondary N) is 1. The minimum Gasteiger partial charge on any atom is -0.350 e. The summed E-state index contributed by atoms with van der Waals surface area (Å²) in [4.78, 5) is 40.3. The van der Waals surface area contributed by atoms with E-state index in [-0.39, 0.29) is 30.2 Å². The van der Waals surface area contributed by atoms with Crippen LogP contribution in [-0.2, 0) is 32.6 Å². The topological polar surface area (TPSA) is 130 Å². The molecule has 11 heteroatoms. The van der Waals surface area contributed by atoms with Gasteiger partial charge in [-0.1, -0.05) is 60.7 Å². The zero-order chi connectivity index (χ0) is 31.2. The standard InChI is InChI=1S/C31H38N4O6S/c1-22-12-10-11-15-25(22)20-33(28(30(37)32-31(3,4)5)18-24-13-8-7-9-14-24)29(36)21-34(42(6,40)41)27-19-26(35(38)39)17-16-23(27)2/h7-17,19,28H,18,20-21H2,1-6H3,(H,32,37). The van der Waals surface area contributed by atoms with E-state index in [9.17, 15) is 28.1 Å². The van der Waals surface area contributed by atoms with Crippen LogP contribution in [0.15, 0.2) is 72.8 Å². The van der Waals surface area contributed by atoms with Gasteiger partial charge >= 0.3 is 0 Å². The van der Waals surface area contributed by atoms with Gasteiger partial charge in [0.25, 0.3) is 5.69 Å². The van der Waals surface area contributed by atoms with E-state index in [4.69, 9.17) is 0 Å². The van der Waals surface area contributed by atoms with E-state index in [0.29, 0.717) is 5.56 Å². The molecule has 42 heavy (non-hydrogen) atoms. The minimum atomic E-state index is -4.06. The molecule has 1 atom stereocenters. The van der Waals surface area contributed by atoms with Gasteiger partial charge in [0, 0.05) is 30.6 Å². The number of anilines is 1. The highest BCUT2D eigenvalue weighted by atomic mass is 32.2. The highest BCUT2D eigenvalue weighted by Gasteiger charge is 2.35. The smallest absolute Gasteiger partial charge is 0.271 e. The molecular formula is C31H38N4O6S. The maximum atomic E-state index is 14.2. The van der Waals surface area contributed by atoms with Gasteiger partial charge in [0.05, 0.1) is 16.9 Å². The fourth-order valence-corrected chi connectivity index (χ4v) is 5.45. The number of nitrogens with zero attached hydrogens (tertiary/aromatic N) is 3. The minimum absolute atomic E-state index is 0.0228. The summed E-state index contributed by atoms with van der Waals surface area (Å²) in [5, 5.41) is 14.5. The second kappa shape index (κ2) is 13.2. The van der Waals surface area contributed by atoms with Gasteiger partial charge in [-0.25, -0.2) is 8.42 Å². The lowest BCUT2D eigenvalue weighted by molar-refractivity contribution is -0.384. The Morgan fingerprint density at radius 2 is 1.57 bits per heavy atom. The van der Waals surface area contributed by atoms with Crippen molar-refractivity contribution in [1.82, 2.24) is 10.2 Å². The van der Waals surface area contributed by atoms with Gasteiger partial charge in [0.1, 0.15) is 12.6 Å². The fourth-order valence-electron chi connectivity index (χ4n) is 4.55. The number of non-ortho nitro benzene ring substituents is 1. The summed E-state index contributed by atoms with van der Waals surface area (Å²) < 4.78 is 26.9. The van der Waals surface area contributed by atoms with Crippen molar-refractivity contribution in [3.05, 3.63) is 105 Å². The van der Waals surface area contributed by atoms with E-state index < -0.39 is 39.0 Å². The molecule has 0 aromatic heterocycles. The van der Waals surface area contributed by atoms with Crippen LogP contribution in [-0.4, -0.2) is 54.4 Å². The molecule has 3 aromatic carbocycles. The first-order valence-corrected chi connectivity index (χ1v) is 15.3. The molecule has 0 saturated carbocycles. The van der Waals surface area contributed by atoms with Crippen LogP contribution < -0.4 is 9.62 Å². The molecule has 3 aromatic rings. The molecule has 0 radical (unpaired) electrons. The lowest BCUT2D eigenvalue weighted by atomic mass is 10.00. The average Bonchev–Trinajstić information content (AvgIpc) is 2.89. The first-order valence-electron chi connectivity index (χ1n) is 13.5. The molecule has 0 saturated heterocycles. The van der Waals surface area contributed by atoms with Crippen molar-refractivity contribution in [1.29, 1.82) is 0 Å². The quantitative estimate of drug-likeness (QED) is 0.256. The highest BCUT2D eigenvalue weighted by molar-refractivity contribution is 7.92. The zero-order valence-electron chi connectivity index (χ0n) is 24.8. The lowest BCUT2D eigenvalue weighted by Crippen LogP contribution is -2.56. The number of nitro benzene ring substituents is 1. The number of aryl methyl sites for hydroxylation is 2. The molecule has 0 aliphatic carbocycles. The number of nitro groups is 1. The van der Waals surface area contributed by atoms with Crippen LogP contribution in [0.25, 0.3) is 0 Å². The molecule has 0 bridgehead atoms. The number of amides is 2. The van der Waals surface area contributed by atoms with Gasteiger partial charge in [-0.2, -0.15) is 0 Å². The normalized spacial score (nSPS) is 12.3. The Morgan fingerprint density at radius 3 is 2.14 bits per heavy atom. The van der Waals surface area contributed by atoms with Gasteiger partial charge in [0.2, 0.25) is 21.8 Å². The largest absolute Gasteiger partial charge is 0.350 e. The molecule has 0 aliphatic rings. The summed E-state index contributed by atoms with van der Waals surface area (Å²) in [5.41, 5.74) is 2.08. The summed E-state index contributed by atoms with van der Waals surface area (Å²) >= 11 is 0. The van der Waals surface area contributed by atoms with E-state index in [1.807, 2.05) is 82.3 Å². The van der Waals surface area contributed by atoms with Gasteiger partial charge in [-0.05, 0) is 56.9 Å². The van der Waals surface area contributed by atoms with Gasteiger partial charge in [0.15, 0.2) is 0 Å². The molecule has 0 fully saturated rings. The number of benzene rings is 3. The SMILES string of the molecule is Cc1ccccc1CN(C(=O)CN(c1cc([N+](=O)[O-])ccc1C)S(C)(=O)=O)C(Cc1ccccc1)C(=O)NC(C)(C)C. The van der Waals surface area contributed by atoms with Gasteiger partial charge < -0.3 is 10.2 Å². The zero-order valence-corrected chi connectivity index (χ0v) is 25.6. The molecule has 1 N–H and O–H groups in total. The molecule has 0 spiro atoms. The third-order valence-electron chi connectivity index (χ3n) is 6.72. The molecule has 2 amide bonds. The summed E-state index contributed by atoms with van der Waals surface area (Å²) in [6.07, 6.45) is 1.13. The van der Waals surface area contributed by atoms with Crippen LogP contribution in [0, 0.1) is 24.0 Å². The summed E-state index contributed by atoms with van der Waals surface area (Å²) in [5.74, 6) is -1.01. The average molecular weight is 595 g/mol. The van der Waals surface area contributed by atoms with Crippen LogP contribution in [0.1, 0.15) is 43.0 Å². The summed E-state index contributed by atoms with van der Waals surface area (Å²) in [6.45, 7) is 8.43. The first-order chi connectivity index (χ1) is 19.6. The second-order valence-corrected chi connectivity index (χ2v) is 13.3. The van der Waals surface area contributed by atoms with Gasteiger partial charge in [-0.15, -0.1) is 0 Å². The van der Waals surface area contributed by atoms with Crippen molar-refractivity contribution in [2.45, 2.75) is 59.2 Å². The Morgan fingerprint density at radius 1 is 0.952 bits per heavy atom. The molecule has 3 rings (SSSR count). The Balaban J connectivity index is 2.14. The number of hydrogen-bond acceptors (Lipinski definition) is 6. The van der Waals surface area contributed by atoms with Crippen LogP contribution in [0.2, 0.25) is 0 Å². The van der Waals surface area contributed by atoms with Crippen molar-refractivity contribution in [2.75, 3.05) is 17.1 Å². The Labute approximate surface area is 247 Å². The molecule has 0 heterocycles. The summed E-state index contributed by atoms with van der Waals surface area (Å²) in [7, 11) is -4.06. The molecule has 10 nitrogen and oxygen atoms in total. The second-order valence-electron chi connectivity index (χ2n) is 11.4. The van der Waals surface area contributed by atoms with Crippen molar-refractivity contribution in [3.63, 3.8) is 0 Å². The number of carbonyl (C=O) groups is 2. The van der Waals surface area contributed by atoms with E-state index in [0.717, 1.165) is 33.3 Å². The number of rotatable bonds is 11. The molecular weight excluding hydrogens is 556 g/mol. The van der Waals surface area contributed by atoms with Crippen LogP contribution in [0.5, 0.6) is 0 Å². The van der Waals surface area contributed by atoms with Crippen LogP contribution in [0.3, 0.4) is 0 Å². The number of hydrogen-bond donors (Lipinski definition) is 1. The maximum absolute atomic E-state index is 14.2. The van der Waals surface area contributed by atoms with Crippen LogP contribution >= 0.6 is 0 Å². The Bertz CT molecular complexity index is 1550. The monoisotopic (exact) mass is 594 g/mol.